The van der Waals surface area contributed by atoms with Gasteiger partial charge in [0.1, 0.15) is 0 Å². The lowest BCUT2D eigenvalue weighted by Gasteiger charge is -2.03. The fourth-order valence-electron chi connectivity index (χ4n) is 1.79. The minimum Gasteiger partial charge on any atom is -0.478 e. The van der Waals surface area contributed by atoms with Crippen LogP contribution >= 0.6 is 0 Å². The molecule has 0 spiro atoms. The molecule has 0 aliphatic rings. The van der Waals surface area contributed by atoms with Crippen LogP contribution in [0.25, 0.3) is 0 Å². The number of carbonyl (C=O) groups excluding carboxylic acids is 2. The van der Waals surface area contributed by atoms with Gasteiger partial charge in [-0.2, -0.15) is 5.10 Å². The van der Waals surface area contributed by atoms with Crippen molar-refractivity contribution in [3.8, 4) is 0 Å². The highest BCUT2D eigenvalue weighted by molar-refractivity contribution is 6.35. The predicted octanol–water partition coefficient (Wildman–Crippen LogP) is 1.15. The van der Waals surface area contributed by atoms with E-state index in [1.165, 1.54) is 30.5 Å². The summed E-state index contributed by atoms with van der Waals surface area (Å²) in [5.41, 5.74) is 3.72. The fraction of sp³-hybridized carbons (Fsp3) is 0.0588. The number of aromatic carboxylic acids is 1. The maximum absolute atomic E-state index is 11.6. The molecule has 0 atom stereocenters. The van der Waals surface area contributed by atoms with Crippen molar-refractivity contribution in [3.63, 3.8) is 0 Å². The third kappa shape index (κ3) is 5.06. The molecule has 0 radical (unpaired) electrons. The summed E-state index contributed by atoms with van der Waals surface area (Å²) in [6.45, 7) is 0.244. The summed E-state index contributed by atoms with van der Waals surface area (Å²) in [6, 6.07) is 15.1. The molecule has 0 aromatic heterocycles. The number of hydrogen-bond donors (Lipinski definition) is 3. The number of hydrogen-bond acceptors (Lipinski definition) is 4. The van der Waals surface area contributed by atoms with Crippen LogP contribution in [0.15, 0.2) is 59.7 Å². The number of carbonyl (C=O) groups is 3. The molecule has 0 saturated heterocycles. The van der Waals surface area contributed by atoms with Crippen molar-refractivity contribution < 1.29 is 19.5 Å². The van der Waals surface area contributed by atoms with Crippen LogP contribution in [0, 0.1) is 0 Å². The molecule has 0 heterocycles. The predicted molar refractivity (Wildman–Crippen MR) is 87.4 cm³/mol. The van der Waals surface area contributed by atoms with Gasteiger partial charge in [-0.3, -0.25) is 9.59 Å². The smallest absolute Gasteiger partial charge is 0.335 e. The molecular weight excluding hydrogens is 310 g/mol. The van der Waals surface area contributed by atoms with E-state index in [0.29, 0.717) is 5.56 Å². The van der Waals surface area contributed by atoms with Crippen LogP contribution in [0.2, 0.25) is 0 Å². The first-order chi connectivity index (χ1) is 11.6. The van der Waals surface area contributed by atoms with Gasteiger partial charge in [0, 0.05) is 6.54 Å². The molecule has 0 unspecified atom stereocenters. The number of nitrogens with zero attached hydrogens (tertiary/aromatic N) is 1. The van der Waals surface area contributed by atoms with E-state index in [2.05, 4.69) is 15.8 Å². The summed E-state index contributed by atoms with van der Waals surface area (Å²) in [5, 5.41) is 14.9. The van der Waals surface area contributed by atoms with Crippen LogP contribution in [0.5, 0.6) is 0 Å². The fourth-order valence-corrected chi connectivity index (χ4v) is 1.79. The highest BCUT2D eigenvalue weighted by Crippen LogP contribution is 2.02. The van der Waals surface area contributed by atoms with Crippen molar-refractivity contribution in [1.29, 1.82) is 0 Å². The van der Waals surface area contributed by atoms with Crippen molar-refractivity contribution in [3.05, 3.63) is 71.3 Å². The molecule has 7 heteroatoms. The Morgan fingerprint density at radius 1 is 0.958 bits per heavy atom. The molecule has 0 saturated carbocycles. The van der Waals surface area contributed by atoms with Gasteiger partial charge >= 0.3 is 17.8 Å². The lowest BCUT2D eigenvalue weighted by atomic mass is 10.1. The Balaban J connectivity index is 1.81. The van der Waals surface area contributed by atoms with E-state index in [1.54, 1.807) is 0 Å². The van der Waals surface area contributed by atoms with Crippen LogP contribution < -0.4 is 10.7 Å². The molecule has 2 aromatic rings. The zero-order valence-electron chi connectivity index (χ0n) is 12.6. The van der Waals surface area contributed by atoms with Gasteiger partial charge in [-0.1, -0.05) is 42.5 Å². The highest BCUT2D eigenvalue weighted by atomic mass is 16.4. The van der Waals surface area contributed by atoms with E-state index in [0.717, 1.165) is 5.56 Å². The van der Waals surface area contributed by atoms with Crippen molar-refractivity contribution >= 4 is 24.0 Å². The molecule has 0 bridgehead atoms. The molecule has 3 N–H and O–H groups in total. The van der Waals surface area contributed by atoms with E-state index in [4.69, 9.17) is 5.11 Å². The Kier molecular flexibility index (Phi) is 5.79. The SMILES string of the molecule is O=C(NCc1ccccc1)C(=O)N/N=C/c1ccc(C(=O)O)cc1. The minimum absolute atomic E-state index is 0.150. The quantitative estimate of drug-likeness (QED) is 0.435. The molecule has 2 rings (SSSR count). The van der Waals surface area contributed by atoms with Gasteiger partial charge in [-0.15, -0.1) is 0 Å². The Bertz CT molecular complexity index is 755. The molecule has 2 aromatic carbocycles. The summed E-state index contributed by atoms with van der Waals surface area (Å²) < 4.78 is 0. The molecular formula is C17H15N3O4. The summed E-state index contributed by atoms with van der Waals surface area (Å²) >= 11 is 0. The molecule has 24 heavy (non-hydrogen) atoms. The molecule has 7 nitrogen and oxygen atoms in total. The maximum atomic E-state index is 11.6. The minimum atomic E-state index is -1.03. The summed E-state index contributed by atoms with van der Waals surface area (Å²) in [6.07, 6.45) is 1.31. The Morgan fingerprint density at radius 2 is 1.62 bits per heavy atom. The Labute approximate surface area is 138 Å². The second kappa shape index (κ2) is 8.23. The number of carboxylic acids is 1. The average molecular weight is 325 g/mol. The number of hydrazone groups is 1. The lowest BCUT2D eigenvalue weighted by molar-refractivity contribution is -0.139. The first-order valence-corrected chi connectivity index (χ1v) is 7.05. The van der Waals surface area contributed by atoms with Gasteiger partial charge in [0.25, 0.3) is 0 Å². The highest BCUT2D eigenvalue weighted by Gasteiger charge is 2.11. The van der Waals surface area contributed by atoms with Gasteiger partial charge in [0.15, 0.2) is 0 Å². The number of carboxylic acid groups (broad SMARTS) is 1. The van der Waals surface area contributed by atoms with Crippen molar-refractivity contribution in [2.24, 2.45) is 5.10 Å². The van der Waals surface area contributed by atoms with Crippen LogP contribution in [-0.4, -0.2) is 29.1 Å². The van der Waals surface area contributed by atoms with Crippen LogP contribution in [0.4, 0.5) is 0 Å². The maximum Gasteiger partial charge on any atom is 0.335 e. The first-order valence-electron chi connectivity index (χ1n) is 7.05. The van der Waals surface area contributed by atoms with E-state index < -0.39 is 17.8 Å². The molecule has 2 amide bonds. The largest absolute Gasteiger partial charge is 0.478 e. The van der Waals surface area contributed by atoms with Gasteiger partial charge in [0.05, 0.1) is 11.8 Å². The molecule has 0 fully saturated rings. The third-order valence-corrected chi connectivity index (χ3v) is 3.04. The molecule has 122 valence electrons. The topological polar surface area (TPSA) is 108 Å². The lowest BCUT2D eigenvalue weighted by Crippen LogP contribution is -2.37. The van der Waals surface area contributed by atoms with E-state index in [1.807, 2.05) is 30.3 Å². The number of nitrogens with one attached hydrogen (secondary N) is 2. The molecule has 0 aliphatic carbocycles. The van der Waals surface area contributed by atoms with Crippen LogP contribution in [0.1, 0.15) is 21.5 Å². The Morgan fingerprint density at radius 3 is 2.25 bits per heavy atom. The Hall–Kier alpha value is -3.48. The summed E-state index contributed by atoms with van der Waals surface area (Å²) in [5.74, 6) is -2.71. The van der Waals surface area contributed by atoms with E-state index in [9.17, 15) is 14.4 Å². The zero-order chi connectivity index (χ0) is 17.4. The number of rotatable bonds is 5. The van der Waals surface area contributed by atoms with Gasteiger partial charge in [-0.05, 0) is 23.3 Å². The van der Waals surface area contributed by atoms with Gasteiger partial charge in [-0.25, -0.2) is 10.2 Å². The van der Waals surface area contributed by atoms with Crippen molar-refractivity contribution in [2.45, 2.75) is 6.54 Å². The van der Waals surface area contributed by atoms with Crippen molar-refractivity contribution in [1.82, 2.24) is 10.7 Å². The van der Waals surface area contributed by atoms with Gasteiger partial charge < -0.3 is 10.4 Å². The third-order valence-electron chi connectivity index (χ3n) is 3.04. The summed E-state index contributed by atoms with van der Waals surface area (Å²) in [7, 11) is 0. The van der Waals surface area contributed by atoms with E-state index >= 15 is 0 Å². The van der Waals surface area contributed by atoms with Crippen LogP contribution in [-0.2, 0) is 16.1 Å². The number of benzene rings is 2. The second-order valence-corrected chi connectivity index (χ2v) is 4.79. The van der Waals surface area contributed by atoms with Crippen LogP contribution in [0.3, 0.4) is 0 Å². The van der Waals surface area contributed by atoms with Crippen molar-refractivity contribution in [2.75, 3.05) is 0 Å². The summed E-state index contributed by atoms with van der Waals surface area (Å²) in [4.78, 5) is 33.9. The van der Waals surface area contributed by atoms with E-state index in [-0.39, 0.29) is 12.1 Å². The molecule has 0 aliphatic heterocycles. The van der Waals surface area contributed by atoms with Gasteiger partial charge in [0.2, 0.25) is 0 Å². The monoisotopic (exact) mass is 325 g/mol. The normalized spacial score (nSPS) is 10.3. The zero-order valence-corrected chi connectivity index (χ0v) is 12.6. The average Bonchev–Trinajstić information content (AvgIpc) is 2.61. The first kappa shape index (κ1) is 16.9. The number of amides is 2. The standard InChI is InChI=1S/C17H15N3O4/c21-15(18-10-12-4-2-1-3-5-12)16(22)20-19-11-13-6-8-14(9-7-13)17(23)24/h1-9,11H,10H2,(H,18,21)(H,20,22)(H,23,24)/b19-11+. The second-order valence-electron chi connectivity index (χ2n) is 4.79.